The Hall–Kier alpha value is -2.49. The van der Waals surface area contributed by atoms with Gasteiger partial charge in [-0.25, -0.2) is 0 Å². The molecule has 0 fully saturated rings. The van der Waals surface area contributed by atoms with E-state index in [0.717, 1.165) is 11.1 Å². The molecule has 4 heteroatoms. The Labute approximate surface area is 124 Å². The molecule has 0 heterocycles. The average Bonchev–Trinajstić information content (AvgIpc) is 2.42. The third kappa shape index (κ3) is 4.53. The molecule has 0 saturated heterocycles. The first-order valence-electron chi connectivity index (χ1n) is 6.89. The largest absolute Gasteiger partial charge is 0.492 e. The predicted molar refractivity (Wildman–Crippen MR) is 84.6 cm³/mol. The number of aryl methyl sites for hydroxylation is 2. The van der Waals surface area contributed by atoms with Crippen molar-refractivity contribution in [2.24, 2.45) is 0 Å². The highest BCUT2D eigenvalue weighted by molar-refractivity contribution is 5.94. The van der Waals surface area contributed by atoms with Crippen molar-refractivity contribution in [2.45, 2.75) is 13.8 Å². The van der Waals surface area contributed by atoms with Gasteiger partial charge in [-0.15, -0.1) is 0 Å². The van der Waals surface area contributed by atoms with Crippen LogP contribution in [0.5, 0.6) is 5.75 Å². The fourth-order valence-electron chi connectivity index (χ4n) is 2.15. The summed E-state index contributed by atoms with van der Waals surface area (Å²) in [4.78, 5) is 12.0. The minimum Gasteiger partial charge on any atom is -0.492 e. The van der Waals surface area contributed by atoms with E-state index >= 15 is 0 Å². The van der Waals surface area contributed by atoms with Crippen LogP contribution in [0.15, 0.2) is 42.5 Å². The van der Waals surface area contributed by atoms with E-state index in [-0.39, 0.29) is 5.91 Å². The molecular weight excluding hydrogens is 264 g/mol. The third-order valence-corrected chi connectivity index (χ3v) is 3.00. The zero-order valence-electron chi connectivity index (χ0n) is 12.3. The number of carbonyl (C=O) groups excluding carboxylic acids is 1. The van der Waals surface area contributed by atoms with E-state index in [1.165, 1.54) is 0 Å². The van der Waals surface area contributed by atoms with Gasteiger partial charge in [0.1, 0.15) is 12.4 Å². The number of carbonyl (C=O) groups is 1. The van der Waals surface area contributed by atoms with E-state index in [2.05, 4.69) is 5.32 Å². The number of ether oxygens (including phenoxy) is 1. The zero-order valence-corrected chi connectivity index (χ0v) is 12.3. The molecule has 21 heavy (non-hydrogen) atoms. The fraction of sp³-hybridized carbons (Fsp3) is 0.235. The quantitative estimate of drug-likeness (QED) is 0.655. The van der Waals surface area contributed by atoms with Crippen LogP contribution in [-0.2, 0) is 0 Å². The number of hydrogen-bond donors (Lipinski definition) is 2. The van der Waals surface area contributed by atoms with E-state index in [0.29, 0.717) is 30.2 Å². The topological polar surface area (TPSA) is 64.3 Å². The van der Waals surface area contributed by atoms with Crippen LogP contribution in [0.25, 0.3) is 0 Å². The van der Waals surface area contributed by atoms with Crippen LogP contribution >= 0.6 is 0 Å². The summed E-state index contributed by atoms with van der Waals surface area (Å²) in [7, 11) is 0. The first-order valence-corrected chi connectivity index (χ1v) is 6.89. The molecule has 4 nitrogen and oxygen atoms in total. The maximum Gasteiger partial charge on any atom is 0.251 e. The highest BCUT2D eigenvalue weighted by Crippen LogP contribution is 2.14. The summed E-state index contributed by atoms with van der Waals surface area (Å²) in [5, 5.41) is 2.84. The summed E-state index contributed by atoms with van der Waals surface area (Å²) in [6.45, 7) is 4.81. The Balaban J connectivity index is 1.82. The summed E-state index contributed by atoms with van der Waals surface area (Å²) in [6, 6.07) is 13.0. The zero-order chi connectivity index (χ0) is 15.2. The van der Waals surface area contributed by atoms with Crippen molar-refractivity contribution in [3.8, 4) is 5.75 Å². The summed E-state index contributed by atoms with van der Waals surface area (Å²) < 4.78 is 5.53. The first kappa shape index (κ1) is 14.9. The maximum absolute atomic E-state index is 12.0. The Morgan fingerprint density at radius 2 is 1.86 bits per heavy atom. The van der Waals surface area contributed by atoms with Crippen molar-refractivity contribution < 1.29 is 9.53 Å². The van der Waals surface area contributed by atoms with E-state index < -0.39 is 0 Å². The summed E-state index contributed by atoms with van der Waals surface area (Å²) >= 11 is 0. The molecule has 110 valence electrons. The number of nitrogens with one attached hydrogen (secondary N) is 1. The van der Waals surface area contributed by atoms with Gasteiger partial charge >= 0.3 is 0 Å². The molecule has 0 aliphatic heterocycles. The highest BCUT2D eigenvalue weighted by Gasteiger charge is 2.06. The van der Waals surface area contributed by atoms with Crippen LogP contribution in [0.2, 0.25) is 0 Å². The van der Waals surface area contributed by atoms with Crippen LogP contribution in [0.3, 0.4) is 0 Å². The summed E-state index contributed by atoms with van der Waals surface area (Å²) in [5.41, 5.74) is 9.16. The van der Waals surface area contributed by atoms with Gasteiger partial charge in [0, 0.05) is 17.3 Å². The van der Waals surface area contributed by atoms with E-state index in [1.807, 2.05) is 44.2 Å². The second-order valence-electron chi connectivity index (χ2n) is 5.05. The Bertz CT molecular complexity index is 618. The molecule has 0 atom stereocenters. The first-order chi connectivity index (χ1) is 10.0. The van der Waals surface area contributed by atoms with Crippen molar-refractivity contribution in [3.05, 3.63) is 59.2 Å². The Kier molecular flexibility index (Phi) is 4.82. The smallest absolute Gasteiger partial charge is 0.251 e. The second-order valence-corrected chi connectivity index (χ2v) is 5.05. The number of anilines is 1. The molecule has 0 aliphatic rings. The van der Waals surface area contributed by atoms with E-state index in [1.54, 1.807) is 12.1 Å². The fourth-order valence-corrected chi connectivity index (χ4v) is 2.15. The van der Waals surface area contributed by atoms with Gasteiger partial charge in [0.2, 0.25) is 0 Å². The van der Waals surface area contributed by atoms with Crippen molar-refractivity contribution in [2.75, 3.05) is 18.9 Å². The van der Waals surface area contributed by atoms with Crippen molar-refractivity contribution in [1.82, 2.24) is 5.32 Å². The van der Waals surface area contributed by atoms with E-state index in [9.17, 15) is 4.79 Å². The molecule has 0 bridgehead atoms. The molecule has 2 aromatic carbocycles. The van der Waals surface area contributed by atoms with E-state index in [4.69, 9.17) is 10.5 Å². The SMILES string of the molecule is Cc1cc(C)cc(C(=O)NCCOc2cccc(N)c2)c1. The predicted octanol–water partition coefficient (Wildman–Crippen LogP) is 2.69. The van der Waals surface area contributed by atoms with Gasteiger partial charge in [0.05, 0.1) is 6.54 Å². The molecule has 0 aromatic heterocycles. The molecule has 0 aliphatic carbocycles. The van der Waals surface area contributed by atoms with Gasteiger partial charge < -0.3 is 15.8 Å². The van der Waals surface area contributed by atoms with Crippen molar-refractivity contribution in [1.29, 1.82) is 0 Å². The van der Waals surface area contributed by atoms with Crippen LogP contribution in [0.1, 0.15) is 21.5 Å². The molecule has 0 radical (unpaired) electrons. The molecule has 2 aromatic rings. The number of rotatable bonds is 5. The molecule has 0 saturated carbocycles. The molecule has 2 rings (SSSR count). The molecular formula is C17H20N2O2. The lowest BCUT2D eigenvalue weighted by Gasteiger charge is -2.09. The monoisotopic (exact) mass is 284 g/mol. The molecule has 1 amide bonds. The average molecular weight is 284 g/mol. The van der Waals surface area contributed by atoms with Gasteiger partial charge in [0.25, 0.3) is 5.91 Å². The number of hydrogen-bond acceptors (Lipinski definition) is 3. The van der Waals surface area contributed by atoms with Crippen LogP contribution in [0, 0.1) is 13.8 Å². The van der Waals surface area contributed by atoms with Crippen molar-refractivity contribution in [3.63, 3.8) is 0 Å². The lowest BCUT2D eigenvalue weighted by molar-refractivity contribution is 0.0947. The Morgan fingerprint density at radius 3 is 2.52 bits per heavy atom. The molecule has 0 unspecified atom stereocenters. The number of nitrogens with two attached hydrogens (primary N) is 1. The number of nitrogen functional groups attached to an aromatic ring is 1. The number of benzene rings is 2. The highest BCUT2D eigenvalue weighted by atomic mass is 16.5. The second kappa shape index (κ2) is 6.79. The number of amides is 1. The Morgan fingerprint density at radius 1 is 1.14 bits per heavy atom. The minimum atomic E-state index is -0.0852. The maximum atomic E-state index is 12.0. The van der Waals surface area contributed by atoms with Gasteiger partial charge in [-0.05, 0) is 38.1 Å². The third-order valence-electron chi connectivity index (χ3n) is 3.00. The van der Waals surface area contributed by atoms with Gasteiger partial charge in [0.15, 0.2) is 0 Å². The summed E-state index contributed by atoms with van der Waals surface area (Å²) in [6.07, 6.45) is 0. The van der Waals surface area contributed by atoms with Gasteiger partial charge in [-0.3, -0.25) is 4.79 Å². The van der Waals surface area contributed by atoms with Crippen LogP contribution in [-0.4, -0.2) is 19.1 Å². The lowest BCUT2D eigenvalue weighted by Crippen LogP contribution is -2.28. The van der Waals surface area contributed by atoms with Crippen LogP contribution in [0.4, 0.5) is 5.69 Å². The lowest BCUT2D eigenvalue weighted by atomic mass is 10.1. The molecule has 3 N–H and O–H groups in total. The van der Waals surface area contributed by atoms with Crippen LogP contribution < -0.4 is 15.8 Å². The summed E-state index contributed by atoms with van der Waals surface area (Å²) in [5.74, 6) is 0.619. The minimum absolute atomic E-state index is 0.0852. The normalized spacial score (nSPS) is 10.2. The van der Waals surface area contributed by atoms with Gasteiger partial charge in [-0.2, -0.15) is 0 Å². The van der Waals surface area contributed by atoms with Gasteiger partial charge in [-0.1, -0.05) is 23.3 Å². The standard InChI is InChI=1S/C17H20N2O2/c1-12-8-13(2)10-14(9-12)17(20)19-6-7-21-16-5-3-4-15(18)11-16/h3-5,8-11H,6-7,18H2,1-2H3,(H,19,20). The molecule has 0 spiro atoms. The van der Waals surface area contributed by atoms with Crippen molar-refractivity contribution >= 4 is 11.6 Å².